The fraction of sp³-hybridized carbons (Fsp3) is 0. The lowest BCUT2D eigenvalue weighted by Gasteiger charge is -2.26. The van der Waals surface area contributed by atoms with E-state index in [1.807, 2.05) is 5.32 Å². The number of hydrogen-bond acceptors (Lipinski definition) is 8. The van der Waals surface area contributed by atoms with Gasteiger partial charge < -0.3 is 4.74 Å². The number of nitro benzene ring substituents is 2. The fourth-order valence-corrected chi connectivity index (χ4v) is 3.29. The number of carbonyl (C=O) groups excluding carboxylic acids is 3. The van der Waals surface area contributed by atoms with Crippen LogP contribution in [0.5, 0.6) is 11.5 Å². The fourth-order valence-electron chi connectivity index (χ4n) is 3.29. The number of nitrogens with zero attached hydrogens (tertiary/aromatic N) is 3. The highest BCUT2D eigenvalue weighted by Crippen LogP contribution is 2.35. The van der Waals surface area contributed by atoms with Crippen molar-refractivity contribution in [1.82, 2.24) is 5.32 Å². The quantitative estimate of drug-likeness (QED) is 0.233. The van der Waals surface area contributed by atoms with Crippen LogP contribution in [0.25, 0.3) is 6.08 Å². The lowest BCUT2D eigenvalue weighted by atomic mass is 10.1. The van der Waals surface area contributed by atoms with E-state index in [4.69, 9.17) is 4.74 Å². The number of carbonyl (C=O) groups is 3. The van der Waals surface area contributed by atoms with Crippen LogP contribution in [-0.4, -0.2) is 27.7 Å². The summed E-state index contributed by atoms with van der Waals surface area (Å²) in [6.45, 7) is 0. The second-order valence-electron chi connectivity index (χ2n) is 7.28. The molecule has 0 unspecified atom stereocenters. The zero-order valence-electron chi connectivity index (χ0n) is 17.9. The van der Waals surface area contributed by atoms with Gasteiger partial charge in [0.25, 0.3) is 17.5 Å². The molecule has 180 valence electrons. The lowest BCUT2D eigenvalue weighted by Crippen LogP contribution is -2.54. The molecule has 12 nitrogen and oxygen atoms in total. The first kappa shape index (κ1) is 23.7. The Bertz CT molecular complexity index is 1470. The van der Waals surface area contributed by atoms with Gasteiger partial charge in [0.15, 0.2) is 0 Å². The van der Waals surface area contributed by atoms with E-state index in [0.29, 0.717) is 4.90 Å². The van der Waals surface area contributed by atoms with E-state index >= 15 is 0 Å². The Morgan fingerprint density at radius 1 is 0.917 bits per heavy atom. The molecule has 0 saturated carbocycles. The minimum atomic E-state index is -1.00. The zero-order valence-corrected chi connectivity index (χ0v) is 17.9. The molecule has 0 radical (unpaired) electrons. The average molecular weight is 492 g/mol. The summed E-state index contributed by atoms with van der Waals surface area (Å²) in [5.41, 5.74) is -1.22. The molecule has 1 N–H and O–H groups in total. The van der Waals surface area contributed by atoms with Crippen molar-refractivity contribution in [2.75, 3.05) is 4.90 Å². The van der Waals surface area contributed by atoms with E-state index in [1.165, 1.54) is 42.5 Å². The van der Waals surface area contributed by atoms with Crippen LogP contribution < -0.4 is 15.0 Å². The molecule has 0 aromatic heterocycles. The van der Waals surface area contributed by atoms with Crippen LogP contribution in [0.1, 0.15) is 5.56 Å². The van der Waals surface area contributed by atoms with Gasteiger partial charge in [-0.25, -0.2) is 14.1 Å². The summed E-state index contributed by atoms with van der Waals surface area (Å²) < 4.78 is 18.8. The molecule has 1 saturated heterocycles. The molecule has 4 rings (SSSR count). The van der Waals surface area contributed by atoms with Crippen molar-refractivity contribution in [1.29, 1.82) is 0 Å². The first-order valence-corrected chi connectivity index (χ1v) is 10.0. The molecule has 1 aliphatic heterocycles. The van der Waals surface area contributed by atoms with Gasteiger partial charge in [-0.2, -0.15) is 0 Å². The number of anilines is 1. The van der Waals surface area contributed by atoms with E-state index in [0.717, 1.165) is 30.3 Å². The summed E-state index contributed by atoms with van der Waals surface area (Å²) in [6.07, 6.45) is 1.18. The summed E-state index contributed by atoms with van der Waals surface area (Å²) in [5.74, 6) is -2.69. The summed E-state index contributed by atoms with van der Waals surface area (Å²) in [4.78, 5) is 58.9. The normalized spacial score (nSPS) is 14.5. The number of halogens is 1. The smallest absolute Gasteiger partial charge is 0.335 e. The Balaban J connectivity index is 1.65. The number of ether oxygens (including phenoxy) is 1. The first-order valence-electron chi connectivity index (χ1n) is 10.0. The third kappa shape index (κ3) is 4.75. The number of amides is 4. The lowest BCUT2D eigenvalue weighted by molar-refractivity contribution is -0.394. The van der Waals surface area contributed by atoms with Crippen LogP contribution in [0.15, 0.2) is 72.3 Å². The number of barbiturate groups is 1. The van der Waals surface area contributed by atoms with Crippen LogP contribution in [0.3, 0.4) is 0 Å². The summed E-state index contributed by atoms with van der Waals surface area (Å²) in [6, 6.07) is 12.1. The van der Waals surface area contributed by atoms with Crippen molar-refractivity contribution >= 4 is 41.0 Å². The molecule has 1 heterocycles. The molecular formula is C23H13FN4O8. The van der Waals surface area contributed by atoms with Crippen molar-refractivity contribution < 1.29 is 33.4 Å². The number of hydrogen-bond donors (Lipinski definition) is 1. The maximum Gasteiger partial charge on any atom is 0.335 e. The third-order valence-corrected chi connectivity index (χ3v) is 4.93. The van der Waals surface area contributed by atoms with E-state index in [-0.39, 0.29) is 22.7 Å². The molecule has 4 amide bonds. The second-order valence-corrected chi connectivity index (χ2v) is 7.28. The maximum absolute atomic E-state index is 13.2. The Hall–Kier alpha value is -5.46. The van der Waals surface area contributed by atoms with Gasteiger partial charge in [0.2, 0.25) is 5.75 Å². The van der Waals surface area contributed by atoms with Crippen molar-refractivity contribution in [2.24, 2.45) is 0 Å². The van der Waals surface area contributed by atoms with Crippen molar-refractivity contribution in [3.05, 3.63) is 104 Å². The second kappa shape index (κ2) is 9.42. The molecule has 36 heavy (non-hydrogen) atoms. The van der Waals surface area contributed by atoms with E-state index in [1.54, 1.807) is 0 Å². The van der Waals surface area contributed by atoms with Gasteiger partial charge in [-0.3, -0.25) is 35.1 Å². The number of nitro groups is 2. The molecular weight excluding hydrogens is 479 g/mol. The van der Waals surface area contributed by atoms with Crippen LogP contribution in [0.4, 0.5) is 26.2 Å². The largest absolute Gasteiger partial charge is 0.450 e. The SMILES string of the molecule is O=C1NC(=O)N(c2ccc(F)cc2)C(=O)/C1=C\c1cccc(Oc2ccc([N+](=O)[O-])cc2[N+](=O)[O-])c1. The summed E-state index contributed by atoms with van der Waals surface area (Å²) in [7, 11) is 0. The Labute approximate surface area is 200 Å². The molecule has 1 aliphatic rings. The minimum absolute atomic E-state index is 0.0415. The number of nitrogens with one attached hydrogen (secondary N) is 1. The molecule has 13 heteroatoms. The van der Waals surface area contributed by atoms with Crippen LogP contribution in [0.2, 0.25) is 0 Å². The molecule has 1 fully saturated rings. The highest BCUT2D eigenvalue weighted by atomic mass is 19.1. The van der Waals surface area contributed by atoms with E-state index in [2.05, 4.69) is 0 Å². The average Bonchev–Trinajstić information content (AvgIpc) is 2.83. The molecule has 3 aromatic carbocycles. The monoisotopic (exact) mass is 492 g/mol. The van der Waals surface area contributed by atoms with Crippen molar-refractivity contribution in [2.45, 2.75) is 0 Å². The molecule has 0 bridgehead atoms. The third-order valence-electron chi connectivity index (χ3n) is 4.93. The highest BCUT2D eigenvalue weighted by Gasteiger charge is 2.36. The number of urea groups is 1. The summed E-state index contributed by atoms with van der Waals surface area (Å²) in [5, 5.41) is 24.3. The zero-order chi connectivity index (χ0) is 26.0. The molecule has 0 aliphatic carbocycles. The van der Waals surface area contributed by atoms with Gasteiger partial charge in [-0.05, 0) is 54.1 Å². The minimum Gasteiger partial charge on any atom is -0.450 e. The predicted molar refractivity (Wildman–Crippen MR) is 122 cm³/mol. The Morgan fingerprint density at radius 2 is 1.64 bits per heavy atom. The number of imide groups is 2. The van der Waals surface area contributed by atoms with E-state index in [9.17, 15) is 39.0 Å². The van der Waals surface area contributed by atoms with E-state index < -0.39 is 50.5 Å². The first-order chi connectivity index (χ1) is 17.1. The van der Waals surface area contributed by atoms with Gasteiger partial charge >= 0.3 is 11.7 Å². The van der Waals surface area contributed by atoms with Gasteiger partial charge in [0, 0.05) is 6.07 Å². The predicted octanol–water partition coefficient (Wildman–Crippen LogP) is 4.10. The van der Waals surface area contributed by atoms with Gasteiger partial charge in [-0.1, -0.05) is 12.1 Å². The highest BCUT2D eigenvalue weighted by molar-refractivity contribution is 6.39. The van der Waals surface area contributed by atoms with Crippen LogP contribution in [0, 0.1) is 26.0 Å². The van der Waals surface area contributed by atoms with Crippen LogP contribution >= 0.6 is 0 Å². The van der Waals surface area contributed by atoms with Crippen molar-refractivity contribution in [3.63, 3.8) is 0 Å². The van der Waals surface area contributed by atoms with Crippen LogP contribution in [-0.2, 0) is 9.59 Å². The van der Waals surface area contributed by atoms with Gasteiger partial charge in [0.05, 0.1) is 21.6 Å². The molecule has 0 spiro atoms. The maximum atomic E-state index is 13.2. The topological polar surface area (TPSA) is 162 Å². The van der Waals surface area contributed by atoms with Gasteiger partial charge in [-0.15, -0.1) is 0 Å². The number of rotatable bonds is 6. The number of benzene rings is 3. The Kier molecular flexibility index (Phi) is 6.20. The Morgan fingerprint density at radius 3 is 2.31 bits per heavy atom. The molecule has 3 aromatic rings. The van der Waals surface area contributed by atoms with Gasteiger partial charge in [0.1, 0.15) is 17.1 Å². The van der Waals surface area contributed by atoms with Crippen molar-refractivity contribution in [3.8, 4) is 11.5 Å². The summed E-state index contributed by atoms with van der Waals surface area (Å²) >= 11 is 0. The standard InChI is InChI=1S/C23H13FN4O8/c24-14-4-6-15(7-5-14)26-22(30)18(21(29)25-23(26)31)11-13-2-1-3-17(10-13)36-20-9-8-16(27(32)33)12-19(20)28(34)35/h1-12H,(H,25,29,31)/b18-11-. The number of non-ortho nitro benzene ring substituents is 1. The molecule has 0 atom stereocenters.